The van der Waals surface area contributed by atoms with E-state index in [4.69, 9.17) is 0 Å². The Hall–Kier alpha value is -2.24. The van der Waals surface area contributed by atoms with Gasteiger partial charge < -0.3 is 5.32 Å². The molecule has 0 aliphatic carbocycles. The molecule has 0 unspecified atom stereocenters. The Morgan fingerprint density at radius 2 is 2.12 bits per heavy atom. The highest BCUT2D eigenvalue weighted by molar-refractivity contribution is 5.72. The van der Waals surface area contributed by atoms with E-state index in [1.165, 1.54) is 6.92 Å². The molecule has 0 aliphatic heterocycles. The first-order valence-corrected chi connectivity index (χ1v) is 4.83. The zero-order valence-corrected chi connectivity index (χ0v) is 8.77. The van der Waals surface area contributed by atoms with E-state index in [2.05, 4.69) is 25.9 Å². The Kier molecular flexibility index (Phi) is 2.90. The van der Waals surface area contributed by atoms with Crippen molar-refractivity contribution in [3.8, 4) is 11.4 Å². The summed E-state index contributed by atoms with van der Waals surface area (Å²) in [6.45, 7) is 2.02. The lowest BCUT2D eigenvalue weighted by Crippen LogP contribution is -2.18. The van der Waals surface area contributed by atoms with Crippen LogP contribution in [0.3, 0.4) is 0 Å². The minimum Gasteiger partial charge on any atom is -0.352 e. The molecule has 6 heteroatoms. The Balaban J connectivity index is 2.08. The highest BCUT2D eigenvalue weighted by atomic mass is 16.1. The summed E-state index contributed by atoms with van der Waals surface area (Å²) in [7, 11) is 0. The second-order valence-corrected chi connectivity index (χ2v) is 3.34. The van der Waals surface area contributed by atoms with Crippen molar-refractivity contribution in [3.63, 3.8) is 0 Å². The molecular formula is C10H11N5O. The molecule has 0 bridgehead atoms. The Morgan fingerprint density at radius 3 is 2.69 bits per heavy atom. The summed E-state index contributed by atoms with van der Waals surface area (Å²) < 4.78 is 0. The zero-order valence-electron chi connectivity index (χ0n) is 8.77. The average molecular weight is 217 g/mol. The van der Waals surface area contributed by atoms with Crippen LogP contribution < -0.4 is 5.32 Å². The molecule has 0 aliphatic rings. The van der Waals surface area contributed by atoms with Gasteiger partial charge in [-0.25, -0.2) is 0 Å². The van der Waals surface area contributed by atoms with Gasteiger partial charge in [0.05, 0.1) is 0 Å². The van der Waals surface area contributed by atoms with Gasteiger partial charge in [0.2, 0.25) is 11.7 Å². The SMILES string of the molecule is CC(=O)NCc1ccc(-c2nn[nH]n2)cc1. The van der Waals surface area contributed by atoms with E-state index in [9.17, 15) is 4.79 Å². The van der Waals surface area contributed by atoms with Crippen molar-refractivity contribution in [2.24, 2.45) is 0 Å². The molecule has 6 nitrogen and oxygen atoms in total. The number of tetrazole rings is 1. The molecule has 1 aromatic carbocycles. The van der Waals surface area contributed by atoms with E-state index in [0.717, 1.165) is 11.1 Å². The highest BCUT2D eigenvalue weighted by Gasteiger charge is 2.02. The number of benzene rings is 1. The van der Waals surface area contributed by atoms with Gasteiger partial charge in [-0.2, -0.15) is 5.21 Å². The largest absolute Gasteiger partial charge is 0.352 e. The van der Waals surface area contributed by atoms with E-state index < -0.39 is 0 Å². The molecule has 0 saturated carbocycles. The van der Waals surface area contributed by atoms with Gasteiger partial charge in [-0.05, 0) is 10.8 Å². The summed E-state index contributed by atoms with van der Waals surface area (Å²) in [4.78, 5) is 10.7. The third kappa shape index (κ3) is 2.41. The number of carbonyl (C=O) groups is 1. The number of hydrogen-bond donors (Lipinski definition) is 2. The number of aromatic amines is 1. The molecule has 82 valence electrons. The van der Waals surface area contributed by atoms with Crippen LogP contribution in [0.5, 0.6) is 0 Å². The molecule has 1 amide bonds. The van der Waals surface area contributed by atoms with Crippen LogP contribution in [-0.2, 0) is 11.3 Å². The van der Waals surface area contributed by atoms with Crippen LogP contribution in [0.1, 0.15) is 12.5 Å². The van der Waals surface area contributed by atoms with Gasteiger partial charge in [-0.3, -0.25) is 4.79 Å². The molecule has 2 N–H and O–H groups in total. The van der Waals surface area contributed by atoms with Gasteiger partial charge in [0.15, 0.2) is 0 Å². The van der Waals surface area contributed by atoms with E-state index >= 15 is 0 Å². The van der Waals surface area contributed by atoms with Crippen molar-refractivity contribution in [2.75, 3.05) is 0 Å². The molecule has 0 saturated heterocycles. The minimum absolute atomic E-state index is 0.0396. The summed E-state index contributed by atoms with van der Waals surface area (Å²) in [6.07, 6.45) is 0. The summed E-state index contributed by atoms with van der Waals surface area (Å²) in [5.41, 5.74) is 1.92. The number of amides is 1. The molecule has 2 aromatic rings. The van der Waals surface area contributed by atoms with Gasteiger partial charge in [-0.1, -0.05) is 24.3 Å². The maximum absolute atomic E-state index is 10.7. The van der Waals surface area contributed by atoms with E-state index in [0.29, 0.717) is 12.4 Å². The van der Waals surface area contributed by atoms with Crippen molar-refractivity contribution in [1.82, 2.24) is 25.9 Å². The molecule has 0 spiro atoms. The Bertz CT molecular complexity index is 462. The van der Waals surface area contributed by atoms with Crippen LogP contribution in [0.25, 0.3) is 11.4 Å². The van der Waals surface area contributed by atoms with Gasteiger partial charge in [0, 0.05) is 19.0 Å². The molecule has 2 rings (SSSR count). The van der Waals surface area contributed by atoms with Gasteiger partial charge in [-0.15, -0.1) is 10.2 Å². The lowest BCUT2D eigenvalue weighted by atomic mass is 10.1. The van der Waals surface area contributed by atoms with Crippen LogP contribution in [-0.4, -0.2) is 26.5 Å². The van der Waals surface area contributed by atoms with E-state index in [1.807, 2.05) is 24.3 Å². The third-order valence-corrected chi connectivity index (χ3v) is 2.10. The average Bonchev–Trinajstić information content (AvgIpc) is 2.80. The predicted octanol–water partition coefficient (Wildman–Crippen LogP) is 0.503. The first-order valence-electron chi connectivity index (χ1n) is 4.83. The number of nitrogens with zero attached hydrogens (tertiary/aromatic N) is 3. The number of hydrogen-bond acceptors (Lipinski definition) is 4. The first kappa shape index (κ1) is 10.3. The van der Waals surface area contributed by atoms with Crippen molar-refractivity contribution in [3.05, 3.63) is 29.8 Å². The molecule has 1 aromatic heterocycles. The highest BCUT2D eigenvalue weighted by Crippen LogP contribution is 2.13. The smallest absolute Gasteiger partial charge is 0.217 e. The molecule has 0 fully saturated rings. The second kappa shape index (κ2) is 4.52. The monoisotopic (exact) mass is 217 g/mol. The predicted molar refractivity (Wildman–Crippen MR) is 57.1 cm³/mol. The standard InChI is InChI=1S/C10H11N5O/c1-7(16)11-6-8-2-4-9(5-3-8)10-12-14-15-13-10/h2-5H,6H2,1H3,(H,11,16)(H,12,13,14,15). The molecule has 16 heavy (non-hydrogen) atoms. The van der Waals surface area contributed by atoms with E-state index in [1.54, 1.807) is 0 Å². The fraction of sp³-hybridized carbons (Fsp3) is 0.200. The van der Waals surface area contributed by atoms with Gasteiger partial charge >= 0.3 is 0 Å². The van der Waals surface area contributed by atoms with Crippen molar-refractivity contribution < 1.29 is 4.79 Å². The van der Waals surface area contributed by atoms with E-state index in [-0.39, 0.29) is 5.91 Å². The normalized spacial score (nSPS) is 10.1. The number of nitrogens with one attached hydrogen (secondary N) is 2. The van der Waals surface area contributed by atoms with Crippen molar-refractivity contribution in [1.29, 1.82) is 0 Å². The number of H-pyrrole nitrogens is 1. The number of carbonyl (C=O) groups excluding carboxylic acids is 1. The molecule has 0 atom stereocenters. The van der Waals surface area contributed by atoms with Crippen molar-refractivity contribution >= 4 is 5.91 Å². The topological polar surface area (TPSA) is 83.6 Å². The maximum atomic E-state index is 10.7. The van der Waals surface area contributed by atoms with Crippen LogP contribution in [0, 0.1) is 0 Å². The van der Waals surface area contributed by atoms with Crippen LogP contribution in [0.4, 0.5) is 0 Å². The van der Waals surface area contributed by atoms with Crippen LogP contribution in [0.15, 0.2) is 24.3 Å². The second-order valence-electron chi connectivity index (χ2n) is 3.34. The lowest BCUT2D eigenvalue weighted by molar-refractivity contribution is -0.119. The number of aromatic nitrogens is 4. The maximum Gasteiger partial charge on any atom is 0.217 e. The molecular weight excluding hydrogens is 206 g/mol. The van der Waals surface area contributed by atoms with Crippen LogP contribution >= 0.6 is 0 Å². The quantitative estimate of drug-likeness (QED) is 0.784. The molecule has 1 heterocycles. The van der Waals surface area contributed by atoms with Gasteiger partial charge in [0.1, 0.15) is 0 Å². The lowest BCUT2D eigenvalue weighted by Gasteiger charge is -2.02. The Morgan fingerprint density at radius 1 is 1.38 bits per heavy atom. The fourth-order valence-electron chi connectivity index (χ4n) is 1.28. The summed E-state index contributed by atoms with van der Waals surface area (Å²) in [6, 6.07) is 7.62. The molecule has 0 radical (unpaired) electrons. The minimum atomic E-state index is -0.0396. The number of rotatable bonds is 3. The summed E-state index contributed by atoms with van der Waals surface area (Å²) >= 11 is 0. The zero-order chi connectivity index (χ0) is 11.4. The fourth-order valence-corrected chi connectivity index (χ4v) is 1.28. The summed E-state index contributed by atoms with van der Waals surface area (Å²) in [5, 5.41) is 16.4. The van der Waals surface area contributed by atoms with Gasteiger partial charge in [0.25, 0.3) is 0 Å². The van der Waals surface area contributed by atoms with Crippen molar-refractivity contribution in [2.45, 2.75) is 13.5 Å². The first-order chi connectivity index (χ1) is 7.75. The third-order valence-electron chi connectivity index (χ3n) is 2.10. The summed E-state index contributed by atoms with van der Waals surface area (Å²) in [5.74, 6) is 0.522. The van der Waals surface area contributed by atoms with Crippen LogP contribution in [0.2, 0.25) is 0 Å². The Labute approximate surface area is 92.1 Å².